The van der Waals surface area contributed by atoms with Crippen molar-refractivity contribution in [1.29, 1.82) is 5.26 Å². The summed E-state index contributed by atoms with van der Waals surface area (Å²) in [5.41, 5.74) is 0.818. The molecule has 0 saturated carbocycles. The number of hydrogen-bond acceptors (Lipinski definition) is 4. The summed E-state index contributed by atoms with van der Waals surface area (Å²) >= 11 is 12.5. The minimum atomic E-state index is -0.331. The summed E-state index contributed by atoms with van der Waals surface area (Å²) in [6, 6.07) is 5.59. The first kappa shape index (κ1) is 16.4. The Balaban J connectivity index is 2.24. The second-order valence-corrected chi connectivity index (χ2v) is 5.79. The molecule has 0 bridgehead atoms. The summed E-state index contributed by atoms with van der Waals surface area (Å²) in [4.78, 5) is 2.13. The molecule has 1 heterocycles. The molecule has 114 valence electrons. The van der Waals surface area contributed by atoms with E-state index in [0.29, 0.717) is 22.4 Å². The number of piperazine rings is 1. The number of nitriles is 1. The Labute approximate surface area is 135 Å². The average molecular weight is 328 g/mol. The molecule has 1 N–H and O–H groups in total. The lowest BCUT2D eigenvalue weighted by atomic mass is 10.1. The summed E-state index contributed by atoms with van der Waals surface area (Å²) in [5, 5.41) is 13.7. The van der Waals surface area contributed by atoms with Crippen LogP contribution in [0.2, 0.25) is 10.0 Å². The van der Waals surface area contributed by atoms with Gasteiger partial charge in [0, 0.05) is 26.2 Å². The summed E-state index contributed by atoms with van der Waals surface area (Å²) in [6.45, 7) is 6.03. The third kappa shape index (κ3) is 4.02. The van der Waals surface area contributed by atoms with Crippen LogP contribution in [0.5, 0.6) is 5.75 Å². The van der Waals surface area contributed by atoms with Crippen LogP contribution in [0.3, 0.4) is 0 Å². The van der Waals surface area contributed by atoms with Crippen molar-refractivity contribution in [2.75, 3.05) is 32.8 Å². The zero-order valence-electron chi connectivity index (χ0n) is 12.0. The third-order valence-electron chi connectivity index (χ3n) is 3.43. The van der Waals surface area contributed by atoms with Gasteiger partial charge >= 0.3 is 0 Å². The van der Waals surface area contributed by atoms with Crippen molar-refractivity contribution < 1.29 is 4.74 Å². The molecular formula is C15H19Cl2N3O. The lowest BCUT2D eigenvalue weighted by Gasteiger charge is -2.31. The summed E-state index contributed by atoms with van der Waals surface area (Å²) in [5.74, 6) is 0.501. The van der Waals surface area contributed by atoms with Crippen LogP contribution in [0.15, 0.2) is 12.1 Å². The first-order valence-corrected chi connectivity index (χ1v) is 7.89. The first-order valence-electron chi connectivity index (χ1n) is 7.13. The molecule has 0 spiro atoms. The molecule has 0 amide bonds. The van der Waals surface area contributed by atoms with E-state index < -0.39 is 0 Å². The van der Waals surface area contributed by atoms with Crippen LogP contribution < -0.4 is 10.1 Å². The van der Waals surface area contributed by atoms with Gasteiger partial charge in [-0.1, -0.05) is 30.1 Å². The fraction of sp³-hybridized carbons (Fsp3) is 0.533. The Morgan fingerprint density at radius 2 is 1.95 bits per heavy atom. The van der Waals surface area contributed by atoms with E-state index in [2.05, 4.69) is 16.3 Å². The van der Waals surface area contributed by atoms with Crippen molar-refractivity contribution in [2.24, 2.45) is 0 Å². The summed E-state index contributed by atoms with van der Waals surface area (Å²) in [6.07, 6.45) is 0.885. The summed E-state index contributed by atoms with van der Waals surface area (Å²) in [7, 11) is 0. The Bertz CT molecular complexity index is 501. The highest BCUT2D eigenvalue weighted by molar-refractivity contribution is 6.37. The van der Waals surface area contributed by atoms with Gasteiger partial charge in [-0.2, -0.15) is 5.26 Å². The molecule has 0 aromatic heterocycles. The van der Waals surface area contributed by atoms with E-state index >= 15 is 0 Å². The largest absolute Gasteiger partial charge is 0.490 e. The van der Waals surface area contributed by atoms with E-state index in [-0.39, 0.29) is 6.04 Å². The van der Waals surface area contributed by atoms with Crippen molar-refractivity contribution in [2.45, 2.75) is 19.4 Å². The minimum Gasteiger partial charge on any atom is -0.490 e. The van der Waals surface area contributed by atoms with Crippen molar-refractivity contribution in [3.63, 3.8) is 0 Å². The van der Waals surface area contributed by atoms with Gasteiger partial charge in [0.1, 0.15) is 6.04 Å². The van der Waals surface area contributed by atoms with E-state index in [1.807, 2.05) is 6.92 Å². The number of benzene rings is 1. The van der Waals surface area contributed by atoms with Crippen molar-refractivity contribution >= 4 is 23.2 Å². The Hall–Kier alpha value is -0.990. The zero-order valence-corrected chi connectivity index (χ0v) is 13.5. The maximum absolute atomic E-state index is 9.49. The highest BCUT2D eigenvalue weighted by Gasteiger charge is 2.23. The first-order chi connectivity index (χ1) is 10.2. The van der Waals surface area contributed by atoms with Gasteiger partial charge in [-0.05, 0) is 24.1 Å². The highest BCUT2D eigenvalue weighted by atomic mass is 35.5. The number of hydrogen-bond donors (Lipinski definition) is 1. The molecular weight excluding hydrogens is 309 g/mol. The van der Waals surface area contributed by atoms with Gasteiger partial charge in [-0.3, -0.25) is 4.90 Å². The van der Waals surface area contributed by atoms with E-state index in [4.69, 9.17) is 27.9 Å². The molecule has 0 aliphatic carbocycles. The van der Waals surface area contributed by atoms with E-state index in [0.717, 1.165) is 38.2 Å². The smallest absolute Gasteiger partial charge is 0.156 e. The molecule has 1 aliphatic heterocycles. The van der Waals surface area contributed by atoms with Crippen molar-refractivity contribution in [3.05, 3.63) is 27.7 Å². The average Bonchev–Trinajstić information content (AvgIpc) is 2.48. The number of halogens is 2. The van der Waals surface area contributed by atoms with Gasteiger partial charge in [0.15, 0.2) is 5.75 Å². The molecule has 2 rings (SSSR count). The molecule has 6 heteroatoms. The van der Waals surface area contributed by atoms with Crippen LogP contribution in [-0.4, -0.2) is 37.7 Å². The van der Waals surface area contributed by atoms with Crippen LogP contribution in [0, 0.1) is 11.3 Å². The number of rotatable bonds is 5. The monoisotopic (exact) mass is 327 g/mol. The van der Waals surface area contributed by atoms with Gasteiger partial charge < -0.3 is 10.1 Å². The molecule has 1 saturated heterocycles. The van der Waals surface area contributed by atoms with Crippen molar-refractivity contribution in [3.8, 4) is 11.8 Å². The summed E-state index contributed by atoms with van der Waals surface area (Å²) < 4.78 is 5.56. The fourth-order valence-corrected chi connectivity index (χ4v) is 3.00. The fourth-order valence-electron chi connectivity index (χ4n) is 2.39. The quantitative estimate of drug-likeness (QED) is 0.901. The van der Waals surface area contributed by atoms with E-state index in [1.165, 1.54) is 0 Å². The molecule has 1 aromatic carbocycles. The van der Waals surface area contributed by atoms with Crippen LogP contribution in [0.4, 0.5) is 0 Å². The molecule has 4 nitrogen and oxygen atoms in total. The molecule has 1 aliphatic rings. The van der Waals surface area contributed by atoms with Crippen LogP contribution >= 0.6 is 23.2 Å². The van der Waals surface area contributed by atoms with Gasteiger partial charge in [-0.25, -0.2) is 0 Å². The lowest BCUT2D eigenvalue weighted by Crippen LogP contribution is -2.44. The normalized spacial score (nSPS) is 17.2. The maximum atomic E-state index is 9.49. The molecule has 0 radical (unpaired) electrons. The Morgan fingerprint density at radius 1 is 1.33 bits per heavy atom. The number of ether oxygens (including phenoxy) is 1. The van der Waals surface area contributed by atoms with Gasteiger partial charge in [0.2, 0.25) is 0 Å². The zero-order chi connectivity index (χ0) is 15.2. The van der Waals surface area contributed by atoms with Gasteiger partial charge in [-0.15, -0.1) is 0 Å². The SMILES string of the molecule is CCCOc1c(Cl)cc(C(C#N)N2CCNCC2)cc1Cl. The molecule has 1 aromatic rings. The van der Waals surface area contributed by atoms with Crippen molar-refractivity contribution in [1.82, 2.24) is 10.2 Å². The topological polar surface area (TPSA) is 48.3 Å². The van der Waals surface area contributed by atoms with Gasteiger partial charge in [0.05, 0.1) is 22.7 Å². The molecule has 1 atom stereocenters. The van der Waals surface area contributed by atoms with Crippen LogP contribution in [0.1, 0.15) is 24.9 Å². The minimum absolute atomic E-state index is 0.331. The van der Waals surface area contributed by atoms with E-state index in [1.54, 1.807) is 12.1 Å². The highest BCUT2D eigenvalue weighted by Crippen LogP contribution is 2.37. The Kier molecular flexibility index (Phi) is 6.13. The van der Waals surface area contributed by atoms with E-state index in [9.17, 15) is 5.26 Å². The predicted octanol–water partition coefficient (Wildman–Crippen LogP) is 3.25. The second kappa shape index (κ2) is 7.86. The molecule has 1 fully saturated rings. The van der Waals surface area contributed by atoms with Crippen LogP contribution in [-0.2, 0) is 0 Å². The Morgan fingerprint density at radius 3 is 2.48 bits per heavy atom. The predicted molar refractivity (Wildman–Crippen MR) is 85.0 cm³/mol. The third-order valence-corrected chi connectivity index (χ3v) is 3.99. The number of nitrogens with one attached hydrogen (secondary N) is 1. The standard InChI is InChI=1S/C15H19Cl2N3O/c1-2-7-21-15-12(16)8-11(9-13(15)17)14(10-18)20-5-3-19-4-6-20/h8-9,14,19H,2-7H2,1H3. The molecule has 21 heavy (non-hydrogen) atoms. The lowest BCUT2D eigenvalue weighted by molar-refractivity contribution is 0.207. The van der Waals surface area contributed by atoms with Gasteiger partial charge in [0.25, 0.3) is 0 Å². The van der Waals surface area contributed by atoms with Crippen LogP contribution in [0.25, 0.3) is 0 Å². The second-order valence-electron chi connectivity index (χ2n) is 4.98. The molecule has 1 unspecified atom stereocenters. The maximum Gasteiger partial charge on any atom is 0.156 e. The number of nitrogens with zero attached hydrogens (tertiary/aromatic N) is 2.